The van der Waals surface area contributed by atoms with Gasteiger partial charge in [-0.25, -0.2) is 9.59 Å². The molecule has 1 amide bonds. The number of carbonyl (C=O) groups excluding carboxylic acids is 2. The van der Waals surface area contributed by atoms with Gasteiger partial charge in [-0.3, -0.25) is 0 Å². The molecule has 0 spiro atoms. The molecule has 0 bridgehead atoms. The normalized spacial score (nSPS) is 27.0. The summed E-state index contributed by atoms with van der Waals surface area (Å²) in [5.41, 5.74) is 7.11. The van der Waals surface area contributed by atoms with Gasteiger partial charge < -0.3 is 42.6 Å². The van der Waals surface area contributed by atoms with E-state index in [4.69, 9.17) is 38.4 Å². The maximum absolute atomic E-state index is 14.4. The fourth-order valence-corrected chi connectivity index (χ4v) is 16.8. The van der Waals surface area contributed by atoms with Crippen LogP contribution in [0.5, 0.6) is 0 Å². The van der Waals surface area contributed by atoms with Gasteiger partial charge in [0, 0.05) is 56.8 Å². The van der Waals surface area contributed by atoms with Gasteiger partial charge in [-0.1, -0.05) is 128 Å². The summed E-state index contributed by atoms with van der Waals surface area (Å²) < 4.78 is 46.7. The fourth-order valence-electron chi connectivity index (χ4n) is 11.9. The Morgan fingerprint density at radius 1 is 0.929 bits per heavy atom. The molecule has 5 rings (SSSR count). The van der Waals surface area contributed by atoms with Crippen LogP contribution in [0.3, 0.4) is 0 Å². The van der Waals surface area contributed by atoms with Gasteiger partial charge in [-0.15, -0.1) is 0 Å². The Morgan fingerprint density at radius 3 is 2.07 bits per heavy atom. The molecule has 2 fully saturated rings. The van der Waals surface area contributed by atoms with Crippen LogP contribution >= 0.6 is 0 Å². The van der Waals surface area contributed by atoms with Gasteiger partial charge in [0.1, 0.15) is 5.76 Å². The standard InChI is InChI=1S/C55H87N5O9Si/c1-17-46(69-70(52(7,8)9,42-26-20-18-21-27-42)43-28-22-19-23-29-43)55(13)48(60(51(62)68-55)33-25-24-32-57-58-56)38(3)31-30-37(2)36-54(12,63-16)49(41(6)45-35-47(61)67-53(10,11)66-45)65-50-40(5)44(59(14)15)34-39(4)64-50/h18-23,26-29,35,37-41,44,46,48-50H,17,24-25,30-34,36H2,1-16H3/t37-,38-,39?,40?,41-,44?,46+,48+,49+,50-,54+,55+/m0/s1. The summed E-state index contributed by atoms with van der Waals surface area (Å²) in [6.45, 7) is 28.2. The number of benzene rings is 2. The first kappa shape index (κ1) is 57.0. The van der Waals surface area contributed by atoms with E-state index in [1.165, 1.54) is 6.08 Å². The van der Waals surface area contributed by atoms with Gasteiger partial charge in [0.15, 0.2) is 11.9 Å². The summed E-state index contributed by atoms with van der Waals surface area (Å²) in [5.74, 6) is -1.38. The van der Waals surface area contributed by atoms with Gasteiger partial charge in [0.2, 0.25) is 5.79 Å². The van der Waals surface area contributed by atoms with Crippen molar-refractivity contribution in [1.82, 2.24) is 9.80 Å². The maximum Gasteiger partial charge on any atom is 0.410 e. The second-order valence-electron chi connectivity index (χ2n) is 22.7. The Morgan fingerprint density at radius 2 is 1.54 bits per heavy atom. The van der Waals surface area contributed by atoms with E-state index >= 15 is 0 Å². The molecular formula is C55H87N5O9Si. The van der Waals surface area contributed by atoms with Crippen LogP contribution in [0.1, 0.15) is 135 Å². The number of azide groups is 1. The van der Waals surface area contributed by atoms with E-state index in [2.05, 4.69) is 147 Å². The number of unbranched alkanes of at least 4 members (excludes halogenated alkanes) is 1. The van der Waals surface area contributed by atoms with Crippen molar-refractivity contribution in [2.45, 2.75) is 194 Å². The molecule has 3 aliphatic rings. The fraction of sp³-hybridized carbons (Fsp3) is 0.709. The second-order valence-corrected chi connectivity index (χ2v) is 26.9. The molecule has 2 aromatic carbocycles. The predicted molar refractivity (Wildman–Crippen MR) is 278 cm³/mol. The largest absolute Gasteiger partial charge is 0.456 e. The molecule has 3 heterocycles. The number of hydrogen-bond donors (Lipinski definition) is 0. The Hall–Kier alpha value is -3.95. The van der Waals surface area contributed by atoms with E-state index in [9.17, 15) is 9.59 Å². The average Bonchev–Trinajstić information content (AvgIpc) is 3.56. The Labute approximate surface area is 421 Å². The van der Waals surface area contributed by atoms with Gasteiger partial charge in [-0.2, -0.15) is 0 Å². The van der Waals surface area contributed by atoms with Gasteiger partial charge in [0.05, 0.1) is 36.0 Å². The summed E-state index contributed by atoms with van der Waals surface area (Å²) >= 11 is 0. The number of cyclic esters (lactones) is 2. The summed E-state index contributed by atoms with van der Waals surface area (Å²) in [7, 11) is 2.85. The molecule has 3 aliphatic heterocycles. The van der Waals surface area contributed by atoms with E-state index in [0.29, 0.717) is 44.5 Å². The highest BCUT2D eigenvalue weighted by Gasteiger charge is 2.61. The van der Waals surface area contributed by atoms with Crippen molar-refractivity contribution >= 4 is 30.8 Å². The Kier molecular flexibility index (Phi) is 19.3. The topological polar surface area (TPSA) is 154 Å². The molecular weight excluding hydrogens is 903 g/mol. The van der Waals surface area contributed by atoms with Crippen LogP contribution in [0.2, 0.25) is 5.04 Å². The van der Waals surface area contributed by atoms with Crippen molar-refractivity contribution in [3.8, 4) is 0 Å². The lowest BCUT2D eigenvalue weighted by atomic mass is 9.76. The van der Waals surface area contributed by atoms with Crippen molar-refractivity contribution < 1.29 is 42.4 Å². The Bertz CT molecular complexity index is 2060. The average molecular weight is 990 g/mol. The number of hydrogen-bond acceptors (Lipinski definition) is 11. The molecule has 0 aromatic heterocycles. The molecule has 0 aliphatic carbocycles. The van der Waals surface area contributed by atoms with Crippen molar-refractivity contribution in [2.24, 2.45) is 28.8 Å². The molecule has 0 radical (unpaired) electrons. The molecule has 14 nitrogen and oxygen atoms in total. The van der Waals surface area contributed by atoms with Gasteiger partial charge in [-0.05, 0) is 106 Å². The lowest BCUT2D eigenvalue weighted by Gasteiger charge is -2.49. The van der Waals surface area contributed by atoms with Crippen molar-refractivity contribution in [3.05, 3.63) is 82.9 Å². The summed E-state index contributed by atoms with van der Waals surface area (Å²) in [5, 5.41) is 5.80. The zero-order valence-corrected chi connectivity index (χ0v) is 46.4. The second kappa shape index (κ2) is 23.7. The molecule has 2 saturated heterocycles. The first-order chi connectivity index (χ1) is 32.9. The van der Waals surface area contributed by atoms with Crippen LogP contribution in [0.15, 0.2) is 77.6 Å². The number of nitrogens with zero attached hydrogens (tertiary/aromatic N) is 5. The SMILES string of the molecule is CC[C@@H](O[Si](c1ccccc1)(c1ccccc1)C(C)(C)C)[C@@]1(C)OC(=O)N(CCCCN=[N+]=[N-])[C@@H]1[C@@H](C)CC[C@H](C)C[C@@](C)(OC)[C@H](O[C@@H]1OC(C)CC(N(C)C)C1C)[C@@H](C)C1=CC(=O)OC(C)(C)O1. The molecule has 70 heavy (non-hydrogen) atoms. The van der Waals surface area contributed by atoms with Gasteiger partial charge >= 0.3 is 12.1 Å². The third-order valence-corrected chi connectivity index (χ3v) is 20.5. The van der Waals surface area contributed by atoms with E-state index in [0.717, 1.165) is 29.6 Å². The van der Waals surface area contributed by atoms with Crippen LogP contribution in [0.25, 0.3) is 10.4 Å². The van der Waals surface area contributed by atoms with Crippen LogP contribution in [0, 0.1) is 23.7 Å². The lowest BCUT2D eigenvalue weighted by molar-refractivity contribution is -0.285. The third-order valence-electron chi connectivity index (χ3n) is 15.5. The zero-order valence-electron chi connectivity index (χ0n) is 45.4. The minimum absolute atomic E-state index is 0.0115. The number of methoxy groups -OCH3 is 1. The summed E-state index contributed by atoms with van der Waals surface area (Å²) in [6.07, 6.45) is 4.51. The highest BCUT2D eigenvalue weighted by Crippen LogP contribution is 2.46. The van der Waals surface area contributed by atoms with Crippen molar-refractivity contribution in [3.63, 3.8) is 0 Å². The van der Waals surface area contributed by atoms with E-state index in [1.807, 2.05) is 24.0 Å². The van der Waals surface area contributed by atoms with Gasteiger partial charge in [0.25, 0.3) is 8.32 Å². The minimum atomic E-state index is -3.07. The highest BCUT2D eigenvalue weighted by molar-refractivity contribution is 6.99. The highest BCUT2D eigenvalue weighted by atomic mass is 28.4. The van der Waals surface area contributed by atoms with Crippen LogP contribution in [0.4, 0.5) is 4.79 Å². The van der Waals surface area contributed by atoms with Crippen LogP contribution < -0.4 is 10.4 Å². The summed E-state index contributed by atoms with van der Waals surface area (Å²) in [4.78, 5) is 34.4. The predicted octanol–water partition coefficient (Wildman–Crippen LogP) is 10.8. The monoisotopic (exact) mass is 990 g/mol. The van der Waals surface area contributed by atoms with E-state index in [-0.39, 0.29) is 47.1 Å². The zero-order chi connectivity index (χ0) is 51.8. The number of ether oxygens (including phenoxy) is 6. The number of rotatable bonds is 24. The lowest BCUT2D eigenvalue weighted by Crippen LogP contribution is -2.70. The van der Waals surface area contributed by atoms with Crippen molar-refractivity contribution in [1.29, 1.82) is 0 Å². The van der Waals surface area contributed by atoms with Crippen LogP contribution in [-0.2, 0) is 37.6 Å². The van der Waals surface area contributed by atoms with E-state index in [1.54, 1.807) is 21.0 Å². The van der Waals surface area contributed by atoms with Crippen molar-refractivity contribution in [2.75, 3.05) is 34.3 Å². The first-order valence-electron chi connectivity index (χ1n) is 25.8. The molecule has 12 atom stereocenters. The number of carbonyl (C=O) groups is 2. The smallest absolute Gasteiger partial charge is 0.410 e. The maximum atomic E-state index is 14.4. The first-order valence-corrected chi connectivity index (χ1v) is 27.7. The number of amides is 1. The molecule has 0 N–H and O–H groups in total. The summed E-state index contributed by atoms with van der Waals surface area (Å²) in [6, 6.07) is 21.1. The third kappa shape index (κ3) is 12.8. The molecule has 2 aromatic rings. The van der Waals surface area contributed by atoms with E-state index < -0.39 is 55.7 Å². The Balaban J connectivity index is 1.48. The molecule has 0 saturated carbocycles. The minimum Gasteiger partial charge on any atom is -0.456 e. The van der Waals surface area contributed by atoms with Crippen LogP contribution in [-0.4, -0.2) is 118 Å². The molecule has 15 heteroatoms. The molecule has 3 unspecified atom stereocenters. The number of esters is 1. The quantitative estimate of drug-likeness (QED) is 0.0248. The molecule has 390 valence electrons.